The van der Waals surface area contributed by atoms with Crippen LogP contribution in [0.2, 0.25) is 0 Å². The topological polar surface area (TPSA) is 26.3 Å². The summed E-state index contributed by atoms with van der Waals surface area (Å²) in [6.45, 7) is 4.12. The molecule has 1 aliphatic carbocycles. The molecule has 4 rings (SSSR count). The average molecular weight is 383 g/mol. The van der Waals surface area contributed by atoms with Crippen LogP contribution in [0.4, 0.5) is 0 Å². The van der Waals surface area contributed by atoms with E-state index in [1.54, 1.807) is 7.11 Å². The fraction of sp³-hybridized carbons (Fsp3) is 0.222. The maximum Gasteiger partial charge on any atom is 0.170 e. The Morgan fingerprint density at radius 2 is 1.66 bits per heavy atom. The smallest absolute Gasteiger partial charge is 0.170 e. The van der Waals surface area contributed by atoms with Crippen LogP contribution in [0.25, 0.3) is 5.57 Å². The second kappa shape index (κ2) is 8.08. The zero-order chi connectivity index (χ0) is 20.4. The van der Waals surface area contributed by atoms with Gasteiger partial charge in [0.05, 0.1) is 7.11 Å². The third-order valence-electron chi connectivity index (χ3n) is 5.82. The molecule has 2 atom stereocenters. The van der Waals surface area contributed by atoms with E-state index in [2.05, 4.69) is 43.3 Å². The monoisotopic (exact) mass is 382 g/mol. The Bertz CT molecular complexity index is 1060. The fourth-order valence-corrected chi connectivity index (χ4v) is 4.27. The van der Waals surface area contributed by atoms with Gasteiger partial charge in [-0.05, 0) is 49.1 Å². The minimum Gasteiger partial charge on any atom is -0.496 e. The molecule has 0 spiro atoms. The molecule has 0 heterocycles. The Balaban J connectivity index is 1.77. The molecule has 3 aromatic rings. The first-order valence-electron chi connectivity index (χ1n) is 10.1. The summed E-state index contributed by atoms with van der Waals surface area (Å²) in [5.74, 6) is 0.879. The molecule has 0 N–H and O–H groups in total. The molecule has 146 valence electrons. The van der Waals surface area contributed by atoms with E-state index in [1.165, 1.54) is 16.7 Å². The highest BCUT2D eigenvalue weighted by Crippen LogP contribution is 2.46. The molecule has 0 aromatic heterocycles. The zero-order valence-corrected chi connectivity index (χ0v) is 17.2. The van der Waals surface area contributed by atoms with Gasteiger partial charge < -0.3 is 4.74 Å². The summed E-state index contributed by atoms with van der Waals surface area (Å²) in [6, 6.07) is 24.5. The number of ketones is 1. The minimum atomic E-state index is -0.204. The molecule has 0 amide bonds. The highest BCUT2D eigenvalue weighted by atomic mass is 16.5. The number of methoxy groups -OCH3 is 1. The van der Waals surface area contributed by atoms with Crippen LogP contribution in [-0.2, 0) is 0 Å². The fourth-order valence-electron chi connectivity index (χ4n) is 4.27. The van der Waals surface area contributed by atoms with Crippen molar-refractivity contribution < 1.29 is 9.53 Å². The third-order valence-corrected chi connectivity index (χ3v) is 5.82. The molecule has 2 nitrogen and oxygen atoms in total. The van der Waals surface area contributed by atoms with Crippen molar-refractivity contribution in [3.8, 4) is 5.75 Å². The van der Waals surface area contributed by atoms with Gasteiger partial charge in [0.25, 0.3) is 0 Å². The van der Waals surface area contributed by atoms with Crippen molar-refractivity contribution in [3.63, 3.8) is 0 Å². The van der Waals surface area contributed by atoms with Crippen molar-refractivity contribution in [2.45, 2.75) is 26.2 Å². The largest absolute Gasteiger partial charge is 0.496 e. The molecule has 1 aliphatic rings. The lowest BCUT2D eigenvalue weighted by Gasteiger charge is -2.21. The maximum absolute atomic E-state index is 13.5. The second-order valence-corrected chi connectivity index (χ2v) is 7.87. The number of hydrogen-bond donors (Lipinski definition) is 0. The summed E-state index contributed by atoms with van der Waals surface area (Å²) in [4.78, 5) is 13.5. The summed E-state index contributed by atoms with van der Waals surface area (Å²) in [5, 5.41) is 0. The van der Waals surface area contributed by atoms with Crippen LogP contribution in [0, 0.1) is 19.8 Å². The number of para-hydroxylation sites is 1. The number of allylic oxidation sites excluding steroid dienone is 2. The van der Waals surface area contributed by atoms with Gasteiger partial charge in [-0.1, -0.05) is 77.9 Å². The summed E-state index contributed by atoms with van der Waals surface area (Å²) in [5.41, 5.74) is 6.63. The Kier molecular flexibility index (Phi) is 5.35. The molecule has 0 radical (unpaired) electrons. The lowest BCUT2D eigenvalue weighted by molar-refractivity contribution is 0.0934. The van der Waals surface area contributed by atoms with Gasteiger partial charge in [-0.3, -0.25) is 4.79 Å². The van der Waals surface area contributed by atoms with Gasteiger partial charge in [0.15, 0.2) is 5.78 Å². The molecule has 0 saturated carbocycles. The van der Waals surface area contributed by atoms with Gasteiger partial charge in [0.2, 0.25) is 0 Å². The quantitative estimate of drug-likeness (QED) is 0.478. The number of ether oxygens (including phenoxy) is 1. The van der Waals surface area contributed by atoms with Crippen LogP contribution in [0.3, 0.4) is 0 Å². The van der Waals surface area contributed by atoms with Crippen molar-refractivity contribution in [2.75, 3.05) is 7.11 Å². The van der Waals surface area contributed by atoms with Gasteiger partial charge in [-0.25, -0.2) is 0 Å². The SMILES string of the molecule is COc1ccccc1C1CC(c2ccc(C)cc2)=CC1C(=O)c1cccc(C)c1. The number of rotatable bonds is 5. The van der Waals surface area contributed by atoms with Gasteiger partial charge in [-0.2, -0.15) is 0 Å². The standard InChI is InChI=1S/C27H26O2/c1-18-11-13-20(14-12-18)22-16-24(23-9-4-5-10-26(23)29-3)25(17-22)27(28)21-8-6-7-19(2)15-21/h4-15,17,24-25H,16H2,1-3H3. The second-order valence-electron chi connectivity index (χ2n) is 7.87. The zero-order valence-electron chi connectivity index (χ0n) is 17.2. The van der Waals surface area contributed by atoms with E-state index in [4.69, 9.17) is 4.74 Å². The number of Topliss-reactive ketones (excluding diaryl/α,β-unsaturated/α-hetero) is 1. The van der Waals surface area contributed by atoms with E-state index in [0.717, 1.165) is 28.9 Å². The number of carbonyl (C=O) groups excluding carboxylic acids is 1. The number of hydrogen-bond acceptors (Lipinski definition) is 2. The summed E-state index contributed by atoms with van der Waals surface area (Å²) in [6.07, 6.45) is 3.00. The molecule has 2 unspecified atom stereocenters. The van der Waals surface area contributed by atoms with Gasteiger partial charge >= 0.3 is 0 Å². The lowest BCUT2D eigenvalue weighted by atomic mass is 9.82. The Morgan fingerprint density at radius 1 is 0.897 bits per heavy atom. The van der Waals surface area contributed by atoms with Crippen LogP contribution < -0.4 is 4.74 Å². The molecular weight excluding hydrogens is 356 g/mol. The average Bonchev–Trinajstić information content (AvgIpc) is 3.19. The highest BCUT2D eigenvalue weighted by molar-refractivity contribution is 6.01. The first-order valence-corrected chi connectivity index (χ1v) is 10.1. The van der Waals surface area contributed by atoms with Crippen LogP contribution in [0.1, 0.15) is 45.0 Å². The highest BCUT2D eigenvalue weighted by Gasteiger charge is 2.36. The van der Waals surface area contributed by atoms with E-state index < -0.39 is 0 Å². The first-order chi connectivity index (χ1) is 14.1. The van der Waals surface area contributed by atoms with E-state index in [0.29, 0.717) is 0 Å². The number of carbonyl (C=O) groups is 1. The predicted molar refractivity (Wildman–Crippen MR) is 119 cm³/mol. The first kappa shape index (κ1) is 19.2. The molecule has 2 heteroatoms. The molecule has 0 aliphatic heterocycles. The van der Waals surface area contributed by atoms with Crippen molar-refractivity contribution in [2.24, 2.45) is 5.92 Å². The molecule has 3 aromatic carbocycles. The minimum absolute atomic E-state index is 0.0652. The Labute approximate surface area is 172 Å². The van der Waals surface area contributed by atoms with E-state index in [9.17, 15) is 4.79 Å². The van der Waals surface area contributed by atoms with Crippen LogP contribution in [-0.4, -0.2) is 12.9 Å². The van der Waals surface area contributed by atoms with Crippen molar-refractivity contribution >= 4 is 11.4 Å². The van der Waals surface area contributed by atoms with Crippen LogP contribution >= 0.6 is 0 Å². The molecule has 0 fully saturated rings. The van der Waals surface area contributed by atoms with Crippen LogP contribution in [0.15, 0.2) is 78.9 Å². The normalized spacial score (nSPS) is 18.4. The van der Waals surface area contributed by atoms with Crippen molar-refractivity contribution in [1.29, 1.82) is 0 Å². The number of aryl methyl sites for hydroxylation is 2. The Morgan fingerprint density at radius 3 is 2.38 bits per heavy atom. The predicted octanol–water partition coefficient (Wildman–Crippen LogP) is 6.38. The van der Waals surface area contributed by atoms with Gasteiger partial charge in [-0.15, -0.1) is 0 Å². The van der Waals surface area contributed by atoms with Crippen molar-refractivity contribution in [3.05, 3.63) is 107 Å². The van der Waals surface area contributed by atoms with E-state index >= 15 is 0 Å². The van der Waals surface area contributed by atoms with Gasteiger partial charge in [0, 0.05) is 17.4 Å². The van der Waals surface area contributed by atoms with Gasteiger partial charge in [0.1, 0.15) is 5.75 Å². The molecular formula is C27H26O2. The van der Waals surface area contributed by atoms with E-state index in [-0.39, 0.29) is 17.6 Å². The Hall–Kier alpha value is -3.13. The number of benzene rings is 3. The maximum atomic E-state index is 13.5. The molecule has 29 heavy (non-hydrogen) atoms. The summed E-state index contributed by atoms with van der Waals surface area (Å²) in [7, 11) is 1.69. The summed E-state index contributed by atoms with van der Waals surface area (Å²) < 4.78 is 5.63. The lowest BCUT2D eigenvalue weighted by Crippen LogP contribution is -2.18. The van der Waals surface area contributed by atoms with Crippen molar-refractivity contribution in [1.82, 2.24) is 0 Å². The third kappa shape index (κ3) is 3.88. The van der Waals surface area contributed by atoms with E-state index in [1.807, 2.05) is 49.4 Å². The molecule has 0 bridgehead atoms. The summed E-state index contributed by atoms with van der Waals surface area (Å²) >= 11 is 0. The molecule has 0 saturated heterocycles. The van der Waals surface area contributed by atoms with Crippen LogP contribution in [0.5, 0.6) is 5.75 Å².